The number of phenolic OH excluding ortho intramolecular Hbond substituents is 1. The maximum atomic E-state index is 13.4. The lowest BCUT2D eigenvalue weighted by Gasteiger charge is -2.07. The van der Waals surface area contributed by atoms with Crippen LogP contribution in [0.3, 0.4) is 0 Å². The van der Waals surface area contributed by atoms with E-state index in [1.54, 1.807) is 0 Å². The van der Waals surface area contributed by atoms with Gasteiger partial charge in [-0.15, -0.1) is 0 Å². The molecule has 0 spiro atoms. The van der Waals surface area contributed by atoms with Crippen molar-refractivity contribution in [2.75, 3.05) is 0 Å². The van der Waals surface area contributed by atoms with Crippen LogP contribution in [-0.4, -0.2) is 10.0 Å². The van der Waals surface area contributed by atoms with Crippen molar-refractivity contribution in [1.29, 1.82) is 0 Å². The summed E-state index contributed by atoms with van der Waals surface area (Å²) < 4.78 is 18.6. The Hall–Kier alpha value is -2.15. The lowest BCUT2D eigenvalue weighted by Crippen LogP contribution is -1.95. The number of nitro groups is 1. The normalized spacial score (nSPS) is 10.2. The second-order valence-corrected chi connectivity index (χ2v) is 4.44. The van der Waals surface area contributed by atoms with E-state index in [9.17, 15) is 14.5 Å². The van der Waals surface area contributed by atoms with E-state index < -0.39 is 10.7 Å². The van der Waals surface area contributed by atoms with Gasteiger partial charge >= 0.3 is 5.69 Å². The number of benzene rings is 2. The van der Waals surface area contributed by atoms with Crippen LogP contribution in [0.1, 0.15) is 0 Å². The second-order valence-electron chi connectivity index (χ2n) is 3.59. The molecule has 0 radical (unpaired) electrons. The first-order valence-electron chi connectivity index (χ1n) is 5.07. The summed E-state index contributed by atoms with van der Waals surface area (Å²) in [4.78, 5) is 10.2. The van der Waals surface area contributed by atoms with Crippen LogP contribution in [0.25, 0.3) is 0 Å². The van der Waals surface area contributed by atoms with Crippen LogP contribution in [0.4, 0.5) is 10.1 Å². The van der Waals surface area contributed by atoms with Gasteiger partial charge in [0.15, 0.2) is 0 Å². The van der Waals surface area contributed by atoms with E-state index in [2.05, 4.69) is 15.9 Å². The Morgan fingerprint density at radius 2 is 1.89 bits per heavy atom. The highest BCUT2D eigenvalue weighted by atomic mass is 79.9. The molecule has 19 heavy (non-hydrogen) atoms. The molecular formula is C12H7BrFNO4. The molecule has 0 aromatic heterocycles. The highest BCUT2D eigenvalue weighted by Crippen LogP contribution is 2.35. The number of aromatic hydroxyl groups is 1. The Balaban J connectivity index is 2.41. The molecule has 0 aliphatic heterocycles. The van der Waals surface area contributed by atoms with Gasteiger partial charge in [0.2, 0.25) is 5.75 Å². The fourth-order valence-electron chi connectivity index (χ4n) is 1.38. The van der Waals surface area contributed by atoms with Crippen molar-refractivity contribution < 1.29 is 19.2 Å². The number of rotatable bonds is 3. The van der Waals surface area contributed by atoms with Crippen LogP contribution in [-0.2, 0) is 0 Å². The zero-order valence-electron chi connectivity index (χ0n) is 9.34. The van der Waals surface area contributed by atoms with E-state index in [1.807, 2.05) is 0 Å². The van der Waals surface area contributed by atoms with E-state index in [-0.39, 0.29) is 27.4 Å². The predicted octanol–water partition coefficient (Wildman–Crippen LogP) is 3.99. The summed E-state index contributed by atoms with van der Waals surface area (Å²) in [6.45, 7) is 0. The molecule has 0 saturated heterocycles. The van der Waals surface area contributed by atoms with Crippen molar-refractivity contribution in [3.63, 3.8) is 0 Å². The van der Waals surface area contributed by atoms with E-state index in [0.29, 0.717) is 0 Å². The highest BCUT2D eigenvalue weighted by molar-refractivity contribution is 9.10. The van der Waals surface area contributed by atoms with Crippen molar-refractivity contribution in [2.45, 2.75) is 0 Å². The third-order valence-corrected chi connectivity index (χ3v) is 2.87. The third kappa shape index (κ3) is 3.00. The third-order valence-electron chi connectivity index (χ3n) is 2.26. The minimum atomic E-state index is -0.667. The number of hydrogen-bond acceptors (Lipinski definition) is 4. The van der Waals surface area contributed by atoms with Crippen molar-refractivity contribution in [3.05, 3.63) is 56.8 Å². The monoisotopic (exact) mass is 327 g/mol. The van der Waals surface area contributed by atoms with Crippen molar-refractivity contribution in [1.82, 2.24) is 0 Å². The van der Waals surface area contributed by atoms with Crippen molar-refractivity contribution in [2.24, 2.45) is 0 Å². The molecule has 2 aromatic carbocycles. The molecule has 2 rings (SSSR count). The molecule has 0 fully saturated rings. The van der Waals surface area contributed by atoms with Crippen LogP contribution < -0.4 is 4.74 Å². The Kier molecular flexibility index (Phi) is 3.66. The van der Waals surface area contributed by atoms with Crippen LogP contribution in [0.5, 0.6) is 17.2 Å². The summed E-state index contributed by atoms with van der Waals surface area (Å²) in [6, 6.07) is 7.50. The summed E-state index contributed by atoms with van der Waals surface area (Å²) in [5.74, 6) is -0.595. The average Bonchev–Trinajstić information content (AvgIpc) is 2.36. The quantitative estimate of drug-likeness (QED) is 0.683. The maximum absolute atomic E-state index is 13.4. The Morgan fingerprint density at radius 3 is 2.47 bits per heavy atom. The highest BCUT2D eigenvalue weighted by Gasteiger charge is 2.19. The van der Waals surface area contributed by atoms with E-state index in [1.165, 1.54) is 24.3 Å². The molecule has 0 aliphatic rings. The Bertz CT molecular complexity index is 630. The van der Waals surface area contributed by atoms with Gasteiger partial charge in [-0.2, -0.15) is 0 Å². The van der Waals surface area contributed by atoms with Gasteiger partial charge in [-0.1, -0.05) is 0 Å². The second kappa shape index (κ2) is 5.23. The molecule has 1 N–H and O–H groups in total. The largest absolute Gasteiger partial charge is 0.508 e. The lowest BCUT2D eigenvalue weighted by atomic mass is 10.3. The van der Waals surface area contributed by atoms with Crippen LogP contribution in [0, 0.1) is 15.9 Å². The Labute approximate surface area is 115 Å². The predicted molar refractivity (Wildman–Crippen MR) is 68.9 cm³/mol. The van der Waals surface area contributed by atoms with E-state index in [4.69, 9.17) is 9.84 Å². The summed E-state index contributed by atoms with van der Waals surface area (Å²) in [6.07, 6.45) is 0. The fraction of sp³-hybridized carbons (Fsp3) is 0. The first-order valence-corrected chi connectivity index (χ1v) is 5.87. The van der Waals surface area contributed by atoms with E-state index in [0.717, 1.165) is 12.1 Å². The standard InChI is InChI=1S/C12H7BrFNO4/c13-9-5-11(15(17)18)12(6-10(9)14)19-8-3-1-7(16)2-4-8/h1-6,16H. The maximum Gasteiger partial charge on any atom is 0.312 e. The van der Waals surface area contributed by atoms with Crippen molar-refractivity contribution >= 4 is 21.6 Å². The van der Waals surface area contributed by atoms with Gasteiger partial charge in [-0.05, 0) is 40.2 Å². The first kappa shape index (κ1) is 13.3. The minimum Gasteiger partial charge on any atom is -0.508 e. The summed E-state index contributed by atoms with van der Waals surface area (Å²) in [5, 5.41) is 20.0. The topological polar surface area (TPSA) is 72.6 Å². The molecule has 0 aliphatic carbocycles. The van der Waals surface area contributed by atoms with Crippen LogP contribution in [0.2, 0.25) is 0 Å². The number of nitro benzene ring substituents is 1. The number of halogens is 2. The van der Waals surface area contributed by atoms with Gasteiger partial charge < -0.3 is 9.84 Å². The molecule has 0 unspecified atom stereocenters. The minimum absolute atomic E-state index is 0.0164. The number of ether oxygens (including phenoxy) is 1. The van der Waals surface area contributed by atoms with Gasteiger partial charge in [0.1, 0.15) is 17.3 Å². The molecule has 0 atom stereocenters. The van der Waals surface area contributed by atoms with Crippen LogP contribution in [0.15, 0.2) is 40.9 Å². The lowest BCUT2D eigenvalue weighted by molar-refractivity contribution is -0.385. The molecule has 0 heterocycles. The molecule has 2 aromatic rings. The zero-order chi connectivity index (χ0) is 14.0. The molecule has 0 amide bonds. The molecule has 0 saturated carbocycles. The molecule has 0 bridgehead atoms. The number of nitrogens with zero attached hydrogens (tertiary/aromatic N) is 1. The van der Waals surface area contributed by atoms with Gasteiger partial charge in [0.25, 0.3) is 0 Å². The Morgan fingerprint density at radius 1 is 1.26 bits per heavy atom. The van der Waals surface area contributed by atoms with Gasteiger partial charge in [-0.3, -0.25) is 10.1 Å². The fourth-order valence-corrected chi connectivity index (χ4v) is 1.71. The summed E-state index contributed by atoms with van der Waals surface area (Å²) in [5.41, 5.74) is -0.360. The molecular weight excluding hydrogens is 321 g/mol. The van der Waals surface area contributed by atoms with Gasteiger partial charge in [0, 0.05) is 12.1 Å². The molecule has 7 heteroatoms. The SMILES string of the molecule is O=[N+]([O-])c1cc(Br)c(F)cc1Oc1ccc(O)cc1. The van der Waals surface area contributed by atoms with Gasteiger partial charge in [0.05, 0.1) is 9.40 Å². The number of hydrogen-bond donors (Lipinski definition) is 1. The number of phenols is 1. The average molecular weight is 328 g/mol. The molecule has 98 valence electrons. The van der Waals surface area contributed by atoms with Gasteiger partial charge in [-0.25, -0.2) is 4.39 Å². The van der Waals surface area contributed by atoms with Crippen molar-refractivity contribution in [3.8, 4) is 17.2 Å². The molecule has 5 nitrogen and oxygen atoms in total. The van der Waals surface area contributed by atoms with E-state index >= 15 is 0 Å². The van der Waals surface area contributed by atoms with Crippen LogP contribution >= 0.6 is 15.9 Å². The zero-order valence-corrected chi connectivity index (χ0v) is 10.9. The summed E-state index contributed by atoms with van der Waals surface area (Å²) >= 11 is 2.88. The summed E-state index contributed by atoms with van der Waals surface area (Å²) in [7, 11) is 0. The smallest absolute Gasteiger partial charge is 0.312 e. The first-order chi connectivity index (χ1) is 8.97.